The van der Waals surface area contributed by atoms with Crippen LogP contribution in [0.15, 0.2) is 29.9 Å². The third kappa shape index (κ3) is 4.03. The van der Waals surface area contributed by atoms with Crippen molar-refractivity contribution in [3.8, 4) is 0 Å². The summed E-state index contributed by atoms with van der Waals surface area (Å²) >= 11 is 1.84. The lowest BCUT2D eigenvalue weighted by atomic mass is 10.3. The van der Waals surface area contributed by atoms with E-state index in [-0.39, 0.29) is 0 Å². The molecular formula is C16H23N5S. The van der Waals surface area contributed by atoms with Gasteiger partial charge in [0.1, 0.15) is 0 Å². The van der Waals surface area contributed by atoms with Crippen LogP contribution in [0.2, 0.25) is 0 Å². The highest BCUT2D eigenvalue weighted by Crippen LogP contribution is 2.14. The highest BCUT2D eigenvalue weighted by Gasteiger charge is 2.18. The van der Waals surface area contributed by atoms with Crippen LogP contribution in [0.1, 0.15) is 10.4 Å². The number of nitrogens with one attached hydrogen (secondary N) is 1. The highest BCUT2D eigenvalue weighted by atomic mass is 32.1. The van der Waals surface area contributed by atoms with Gasteiger partial charge in [0.2, 0.25) is 5.95 Å². The first kappa shape index (κ1) is 15.4. The van der Waals surface area contributed by atoms with Crippen molar-refractivity contribution in [2.45, 2.75) is 13.5 Å². The lowest BCUT2D eigenvalue weighted by molar-refractivity contribution is 0.256. The molecule has 1 fully saturated rings. The van der Waals surface area contributed by atoms with Gasteiger partial charge in [-0.25, -0.2) is 9.97 Å². The van der Waals surface area contributed by atoms with Crippen LogP contribution < -0.4 is 10.2 Å². The molecule has 0 aromatic carbocycles. The van der Waals surface area contributed by atoms with Gasteiger partial charge in [-0.1, -0.05) is 0 Å². The molecule has 0 bridgehead atoms. The molecule has 0 spiro atoms. The second-order valence-electron chi connectivity index (χ2n) is 5.58. The van der Waals surface area contributed by atoms with E-state index in [1.165, 1.54) is 10.4 Å². The normalized spacial score (nSPS) is 16.1. The van der Waals surface area contributed by atoms with Crippen molar-refractivity contribution >= 4 is 17.3 Å². The van der Waals surface area contributed by atoms with Crippen molar-refractivity contribution in [1.82, 2.24) is 20.2 Å². The van der Waals surface area contributed by atoms with Gasteiger partial charge in [-0.15, -0.1) is 11.3 Å². The maximum atomic E-state index is 4.32. The van der Waals surface area contributed by atoms with Crippen molar-refractivity contribution < 1.29 is 0 Å². The van der Waals surface area contributed by atoms with Crippen molar-refractivity contribution in [3.63, 3.8) is 0 Å². The molecule has 118 valence electrons. The molecule has 3 heterocycles. The van der Waals surface area contributed by atoms with Gasteiger partial charge in [-0.2, -0.15) is 0 Å². The number of hydrogen-bond acceptors (Lipinski definition) is 6. The van der Waals surface area contributed by atoms with Crippen molar-refractivity contribution in [3.05, 3.63) is 40.3 Å². The van der Waals surface area contributed by atoms with E-state index in [0.717, 1.165) is 51.8 Å². The third-order valence-corrected chi connectivity index (χ3v) is 5.09. The Bertz CT molecular complexity index is 563. The zero-order valence-corrected chi connectivity index (χ0v) is 13.9. The minimum Gasteiger partial charge on any atom is -0.338 e. The molecule has 0 saturated carbocycles. The molecule has 0 aliphatic carbocycles. The van der Waals surface area contributed by atoms with E-state index in [0.29, 0.717) is 0 Å². The zero-order chi connectivity index (χ0) is 15.2. The Morgan fingerprint density at radius 1 is 1.18 bits per heavy atom. The summed E-state index contributed by atoms with van der Waals surface area (Å²) in [5.74, 6) is 0.855. The van der Waals surface area contributed by atoms with Gasteiger partial charge in [0.05, 0.1) is 0 Å². The van der Waals surface area contributed by atoms with E-state index in [2.05, 4.69) is 43.5 Å². The SMILES string of the molecule is Cc1ccsc1CNCCN1CCN(c2ncccn2)CC1. The Morgan fingerprint density at radius 2 is 1.95 bits per heavy atom. The standard InChI is InChI=1S/C16H23N5S/c1-14-3-12-22-15(14)13-17-6-7-20-8-10-21(11-9-20)16-18-4-2-5-19-16/h2-5,12,17H,6-11,13H2,1H3. The maximum absolute atomic E-state index is 4.32. The lowest BCUT2D eigenvalue weighted by Gasteiger charge is -2.34. The summed E-state index contributed by atoms with van der Waals surface area (Å²) in [6.45, 7) is 9.49. The van der Waals surface area contributed by atoms with E-state index in [9.17, 15) is 0 Å². The Labute approximate surface area is 136 Å². The first-order chi connectivity index (χ1) is 10.8. The Kier molecular flexibility index (Phi) is 5.37. The molecule has 3 rings (SSSR count). The van der Waals surface area contributed by atoms with Gasteiger partial charge in [-0.3, -0.25) is 4.90 Å². The van der Waals surface area contributed by atoms with E-state index in [1.807, 2.05) is 29.8 Å². The molecule has 2 aromatic heterocycles. The molecule has 1 saturated heterocycles. The number of piperazine rings is 1. The highest BCUT2D eigenvalue weighted by molar-refractivity contribution is 7.10. The number of aryl methyl sites for hydroxylation is 1. The van der Waals surface area contributed by atoms with E-state index < -0.39 is 0 Å². The fourth-order valence-corrected chi connectivity index (χ4v) is 3.53. The molecule has 5 nitrogen and oxygen atoms in total. The van der Waals surface area contributed by atoms with Gasteiger partial charge < -0.3 is 10.2 Å². The molecule has 0 atom stereocenters. The number of hydrogen-bond donors (Lipinski definition) is 1. The summed E-state index contributed by atoms with van der Waals surface area (Å²) in [5.41, 5.74) is 1.40. The summed E-state index contributed by atoms with van der Waals surface area (Å²) in [5, 5.41) is 5.71. The average Bonchev–Trinajstić information content (AvgIpc) is 2.98. The molecule has 1 N–H and O–H groups in total. The average molecular weight is 317 g/mol. The molecule has 0 unspecified atom stereocenters. The molecule has 0 amide bonds. The monoisotopic (exact) mass is 317 g/mol. The Balaban J connectivity index is 1.35. The van der Waals surface area contributed by atoms with Crippen molar-refractivity contribution in [2.75, 3.05) is 44.2 Å². The van der Waals surface area contributed by atoms with Gasteiger partial charge in [-0.05, 0) is 30.0 Å². The summed E-state index contributed by atoms with van der Waals surface area (Å²) < 4.78 is 0. The molecule has 6 heteroatoms. The topological polar surface area (TPSA) is 44.3 Å². The van der Waals surface area contributed by atoms with E-state index >= 15 is 0 Å². The van der Waals surface area contributed by atoms with E-state index in [4.69, 9.17) is 0 Å². The van der Waals surface area contributed by atoms with Crippen LogP contribution in [0.3, 0.4) is 0 Å². The van der Waals surface area contributed by atoms with E-state index in [1.54, 1.807) is 0 Å². The number of thiophene rings is 1. The first-order valence-corrected chi connectivity index (χ1v) is 8.69. The summed E-state index contributed by atoms with van der Waals surface area (Å²) in [6, 6.07) is 4.05. The van der Waals surface area contributed by atoms with Crippen LogP contribution in [-0.2, 0) is 6.54 Å². The van der Waals surface area contributed by atoms with Crippen molar-refractivity contribution in [1.29, 1.82) is 0 Å². The van der Waals surface area contributed by atoms with Gasteiger partial charge in [0.25, 0.3) is 0 Å². The summed E-state index contributed by atoms with van der Waals surface area (Å²) in [4.78, 5) is 14.9. The summed E-state index contributed by atoms with van der Waals surface area (Å²) in [6.07, 6.45) is 3.62. The van der Waals surface area contributed by atoms with Gasteiger partial charge in [0.15, 0.2) is 0 Å². The fourth-order valence-electron chi connectivity index (χ4n) is 2.65. The minimum atomic E-state index is 0.855. The largest absolute Gasteiger partial charge is 0.338 e. The van der Waals surface area contributed by atoms with Crippen LogP contribution in [0.4, 0.5) is 5.95 Å². The van der Waals surface area contributed by atoms with Crippen LogP contribution >= 0.6 is 11.3 Å². The van der Waals surface area contributed by atoms with Gasteiger partial charge >= 0.3 is 0 Å². The second-order valence-corrected chi connectivity index (χ2v) is 6.58. The summed E-state index contributed by atoms with van der Waals surface area (Å²) in [7, 11) is 0. The van der Waals surface area contributed by atoms with Crippen molar-refractivity contribution in [2.24, 2.45) is 0 Å². The fraction of sp³-hybridized carbons (Fsp3) is 0.500. The van der Waals surface area contributed by atoms with Crippen LogP contribution in [0.5, 0.6) is 0 Å². The third-order valence-electron chi connectivity index (χ3n) is 4.07. The molecule has 1 aliphatic heterocycles. The maximum Gasteiger partial charge on any atom is 0.225 e. The number of nitrogens with zero attached hydrogens (tertiary/aromatic N) is 4. The second kappa shape index (κ2) is 7.67. The lowest BCUT2D eigenvalue weighted by Crippen LogP contribution is -2.48. The predicted octanol–water partition coefficient (Wildman–Crippen LogP) is 1.76. The number of anilines is 1. The number of rotatable bonds is 6. The molecular weight excluding hydrogens is 294 g/mol. The minimum absolute atomic E-state index is 0.855. The van der Waals surface area contributed by atoms with Gasteiger partial charge in [0, 0.05) is 63.1 Å². The smallest absolute Gasteiger partial charge is 0.225 e. The number of aromatic nitrogens is 2. The first-order valence-electron chi connectivity index (χ1n) is 7.81. The molecule has 2 aromatic rings. The molecule has 1 aliphatic rings. The van der Waals surface area contributed by atoms with Crippen LogP contribution in [0.25, 0.3) is 0 Å². The molecule has 0 radical (unpaired) electrons. The molecule has 22 heavy (non-hydrogen) atoms. The van der Waals surface area contributed by atoms with Crippen LogP contribution in [-0.4, -0.2) is 54.1 Å². The zero-order valence-electron chi connectivity index (χ0n) is 13.0. The quantitative estimate of drug-likeness (QED) is 0.823. The Hall–Kier alpha value is -1.50. The van der Waals surface area contributed by atoms with Crippen LogP contribution in [0, 0.1) is 6.92 Å². The predicted molar refractivity (Wildman–Crippen MR) is 91.4 cm³/mol. The Morgan fingerprint density at radius 3 is 2.64 bits per heavy atom.